The van der Waals surface area contributed by atoms with E-state index in [1.54, 1.807) is 60.7 Å². The first kappa shape index (κ1) is 21.8. The summed E-state index contributed by atoms with van der Waals surface area (Å²) in [5.74, 6) is -0.402. The summed E-state index contributed by atoms with van der Waals surface area (Å²) in [5, 5.41) is 2.79. The lowest BCUT2D eigenvalue weighted by Gasteiger charge is -2.34. The fraction of sp³-hybridized carbons (Fsp3) is 0.208. The average Bonchev–Trinajstić information content (AvgIpc) is 2.79. The van der Waals surface area contributed by atoms with Crippen molar-refractivity contribution in [3.05, 3.63) is 89.7 Å². The zero-order valence-corrected chi connectivity index (χ0v) is 18.3. The van der Waals surface area contributed by atoms with Crippen LogP contribution in [0.1, 0.15) is 11.1 Å². The molecule has 0 spiro atoms. The Bertz CT molecular complexity index is 1210. The summed E-state index contributed by atoms with van der Waals surface area (Å²) < 4.78 is 46.8. The van der Waals surface area contributed by atoms with E-state index >= 15 is 0 Å². The normalized spacial score (nSPS) is 15.6. The van der Waals surface area contributed by atoms with Gasteiger partial charge in [0.15, 0.2) is 6.10 Å². The fourth-order valence-corrected chi connectivity index (χ4v) is 4.97. The van der Waals surface area contributed by atoms with Gasteiger partial charge in [0.25, 0.3) is 15.9 Å². The Balaban J connectivity index is 1.52. The molecule has 0 saturated carbocycles. The number of anilines is 1. The Hall–Kier alpha value is -3.39. The van der Waals surface area contributed by atoms with E-state index in [-0.39, 0.29) is 17.3 Å². The van der Waals surface area contributed by atoms with E-state index in [0.717, 1.165) is 11.1 Å². The molecule has 1 atom stereocenters. The first-order chi connectivity index (χ1) is 15.3. The number of rotatable bonds is 6. The highest BCUT2D eigenvalue weighted by atomic mass is 32.2. The molecule has 6 nitrogen and oxygen atoms in total. The SMILES string of the molecule is Cc1ccc(S(=O)(=O)N2C[C@H](C(=O)NCCc3ccc(F)cc3)Oc3ccccc32)cc1. The van der Waals surface area contributed by atoms with Gasteiger partial charge in [-0.05, 0) is 55.3 Å². The number of carbonyl (C=O) groups is 1. The predicted octanol–water partition coefficient (Wildman–Crippen LogP) is 3.45. The molecule has 0 aromatic heterocycles. The van der Waals surface area contributed by atoms with Crippen molar-refractivity contribution in [3.63, 3.8) is 0 Å². The van der Waals surface area contributed by atoms with Gasteiger partial charge in [0.2, 0.25) is 0 Å². The molecule has 166 valence electrons. The van der Waals surface area contributed by atoms with Gasteiger partial charge in [0.05, 0.1) is 17.1 Å². The van der Waals surface area contributed by atoms with Gasteiger partial charge in [-0.25, -0.2) is 12.8 Å². The van der Waals surface area contributed by atoms with Crippen molar-refractivity contribution in [1.29, 1.82) is 0 Å². The summed E-state index contributed by atoms with van der Waals surface area (Å²) in [6.07, 6.45) is -0.487. The van der Waals surface area contributed by atoms with Crippen LogP contribution < -0.4 is 14.4 Å². The first-order valence-electron chi connectivity index (χ1n) is 10.2. The van der Waals surface area contributed by atoms with Gasteiger partial charge in [-0.1, -0.05) is 42.0 Å². The zero-order chi connectivity index (χ0) is 22.7. The van der Waals surface area contributed by atoms with Crippen molar-refractivity contribution in [2.75, 3.05) is 17.4 Å². The Morgan fingerprint density at radius 2 is 1.75 bits per heavy atom. The Morgan fingerprint density at radius 1 is 1.06 bits per heavy atom. The van der Waals surface area contributed by atoms with Gasteiger partial charge in [-0.15, -0.1) is 0 Å². The van der Waals surface area contributed by atoms with Crippen LogP contribution in [0.3, 0.4) is 0 Å². The number of amides is 1. The monoisotopic (exact) mass is 454 g/mol. The summed E-state index contributed by atoms with van der Waals surface area (Å²) in [4.78, 5) is 12.9. The highest BCUT2D eigenvalue weighted by Gasteiger charge is 2.37. The maximum atomic E-state index is 13.4. The van der Waals surface area contributed by atoms with E-state index in [4.69, 9.17) is 4.74 Å². The third-order valence-electron chi connectivity index (χ3n) is 5.26. The van der Waals surface area contributed by atoms with E-state index < -0.39 is 22.0 Å². The van der Waals surface area contributed by atoms with Crippen LogP contribution in [0.5, 0.6) is 5.75 Å². The summed E-state index contributed by atoms with van der Waals surface area (Å²) in [7, 11) is -3.89. The molecule has 0 radical (unpaired) electrons. The number of hydrogen-bond acceptors (Lipinski definition) is 4. The topological polar surface area (TPSA) is 75.7 Å². The fourth-order valence-electron chi connectivity index (χ4n) is 3.50. The summed E-state index contributed by atoms with van der Waals surface area (Å²) >= 11 is 0. The number of nitrogens with one attached hydrogen (secondary N) is 1. The second kappa shape index (κ2) is 9.00. The summed E-state index contributed by atoms with van der Waals surface area (Å²) in [5.41, 5.74) is 2.22. The average molecular weight is 455 g/mol. The predicted molar refractivity (Wildman–Crippen MR) is 120 cm³/mol. The minimum absolute atomic E-state index is 0.143. The maximum Gasteiger partial charge on any atom is 0.264 e. The summed E-state index contributed by atoms with van der Waals surface area (Å²) in [6, 6.07) is 19.4. The number of halogens is 1. The van der Waals surface area contributed by atoms with E-state index in [1.165, 1.54) is 16.4 Å². The molecule has 0 unspecified atom stereocenters. The molecule has 1 aliphatic heterocycles. The summed E-state index contributed by atoms with van der Waals surface area (Å²) in [6.45, 7) is 2.05. The van der Waals surface area contributed by atoms with Crippen molar-refractivity contribution < 1.29 is 22.3 Å². The van der Waals surface area contributed by atoms with Crippen molar-refractivity contribution in [2.45, 2.75) is 24.3 Å². The maximum absolute atomic E-state index is 13.4. The Kier molecular flexibility index (Phi) is 6.14. The molecule has 8 heteroatoms. The molecule has 3 aromatic carbocycles. The first-order valence-corrected chi connectivity index (χ1v) is 11.7. The van der Waals surface area contributed by atoms with Crippen molar-refractivity contribution >= 4 is 21.6 Å². The molecule has 0 bridgehead atoms. The van der Waals surface area contributed by atoms with Crippen LogP contribution in [0.25, 0.3) is 0 Å². The minimum Gasteiger partial charge on any atom is -0.476 e. The molecule has 1 N–H and O–H groups in total. The molecule has 1 aliphatic rings. The Morgan fingerprint density at radius 3 is 2.47 bits per heavy atom. The quantitative estimate of drug-likeness (QED) is 0.619. The van der Waals surface area contributed by atoms with E-state index in [0.29, 0.717) is 24.4 Å². The van der Waals surface area contributed by atoms with Crippen LogP contribution in [-0.4, -0.2) is 33.5 Å². The Labute approximate surface area is 186 Å². The van der Waals surface area contributed by atoms with E-state index in [2.05, 4.69) is 5.32 Å². The number of benzene rings is 3. The van der Waals surface area contributed by atoms with E-state index in [1.807, 2.05) is 6.92 Å². The van der Waals surface area contributed by atoms with Crippen LogP contribution >= 0.6 is 0 Å². The molecule has 0 fully saturated rings. The molecule has 0 aliphatic carbocycles. The van der Waals surface area contributed by atoms with Crippen LogP contribution in [-0.2, 0) is 21.2 Å². The third-order valence-corrected chi connectivity index (χ3v) is 7.06. The lowest BCUT2D eigenvalue weighted by Crippen LogP contribution is -2.51. The van der Waals surface area contributed by atoms with Crippen LogP contribution in [0, 0.1) is 12.7 Å². The van der Waals surface area contributed by atoms with Gasteiger partial charge in [0, 0.05) is 6.54 Å². The number of sulfonamides is 1. The second-order valence-electron chi connectivity index (χ2n) is 7.59. The number of fused-ring (bicyclic) bond motifs is 1. The zero-order valence-electron chi connectivity index (χ0n) is 17.5. The van der Waals surface area contributed by atoms with E-state index in [9.17, 15) is 17.6 Å². The third kappa shape index (κ3) is 4.60. The van der Waals surface area contributed by atoms with Crippen LogP contribution in [0.4, 0.5) is 10.1 Å². The minimum atomic E-state index is -3.89. The number of para-hydroxylation sites is 2. The number of aryl methyl sites for hydroxylation is 1. The molecule has 1 heterocycles. The van der Waals surface area contributed by atoms with Gasteiger partial charge in [-0.2, -0.15) is 0 Å². The number of ether oxygens (including phenoxy) is 1. The molecule has 4 rings (SSSR count). The van der Waals surface area contributed by atoms with Gasteiger partial charge < -0.3 is 10.1 Å². The highest BCUT2D eigenvalue weighted by Crippen LogP contribution is 2.36. The molecule has 0 saturated heterocycles. The number of carbonyl (C=O) groups excluding carboxylic acids is 1. The number of nitrogens with zero attached hydrogens (tertiary/aromatic N) is 1. The number of hydrogen-bond donors (Lipinski definition) is 1. The van der Waals surface area contributed by atoms with Crippen molar-refractivity contribution in [2.24, 2.45) is 0 Å². The van der Waals surface area contributed by atoms with Gasteiger partial charge in [-0.3, -0.25) is 9.10 Å². The molecule has 1 amide bonds. The molecule has 3 aromatic rings. The second-order valence-corrected chi connectivity index (χ2v) is 9.45. The molecule has 32 heavy (non-hydrogen) atoms. The lowest BCUT2D eigenvalue weighted by atomic mass is 10.1. The van der Waals surface area contributed by atoms with Crippen LogP contribution in [0.2, 0.25) is 0 Å². The lowest BCUT2D eigenvalue weighted by molar-refractivity contribution is -0.127. The van der Waals surface area contributed by atoms with Crippen molar-refractivity contribution in [1.82, 2.24) is 5.32 Å². The smallest absolute Gasteiger partial charge is 0.264 e. The largest absolute Gasteiger partial charge is 0.476 e. The highest BCUT2D eigenvalue weighted by molar-refractivity contribution is 7.92. The standard InChI is InChI=1S/C24H23FN2O4S/c1-17-6-12-20(13-7-17)32(29,30)27-16-23(31-22-5-3-2-4-21(22)27)24(28)26-15-14-18-8-10-19(25)11-9-18/h2-13,23H,14-16H2,1H3,(H,26,28)/t23-/m1/s1. The van der Waals surface area contributed by atoms with Crippen molar-refractivity contribution in [3.8, 4) is 5.75 Å². The van der Waals surface area contributed by atoms with Gasteiger partial charge in [0.1, 0.15) is 11.6 Å². The molecular formula is C24H23FN2O4S. The van der Waals surface area contributed by atoms with Gasteiger partial charge >= 0.3 is 0 Å². The molecular weight excluding hydrogens is 431 g/mol. The van der Waals surface area contributed by atoms with Crippen LogP contribution in [0.15, 0.2) is 77.7 Å².